The zero-order valence-corrected chi connectivity index (χ0v) is 11.0. The minimum atomic E-state index is -0.543. The van der Waals surface area contributed by atoms with E-state index in [2.05, 4.69) is 0 Å². The lowest BCUT2D eigenvalue weighted by Crippen LogP contribution is -2.11. The van der Waals surface area contributed by atoms with E-state index >= 15 is 0 Å². The van der Waals surface area contributed by atoms with Gasteiger partial charge >= 0.3 is 5.69 Å². The van der Waals surface area contributed by atoms with E-state index < -0.39 is 4.92 Å². The number of nitrogens with zero attached hydrogens (tertiary/aromatic N) is 1. The molecule has 104 valence electrons. The molecule has 1 aromatic carbocycles. The number of nitro benzene ring substituents is 1. The predicted octanol–water partition coefficient (Wildman–Crippen LogP) is 2.46. The smallest absolute Gasteiger partial charge is 0.310 e. The van der Waals surface area contributed by atoms with Gasteiger partial charge < -0.3 is 9.47 Å². The fourth-order valence-electron chi connectivity index (χ4n) is 1.40. The first kappa shape index (κ1) is 15.1. The van der Waals surface area contributed by atoms with Crippen LogP contribution in [0.2, 0.25) is 0 Å². The third-order valence-electron chi connectivity index (χ3n) is 2.25. The van der Waals surface area contributed by atoms with Gasteiger partial charge in [0.15, 0.2) is 5.75 Å². The first-order valence-electron chi connectivity index (χ1n) is 5.98. The Hall–Kier alpha value is -1.95. The minimum absolute atomic E-state index is 0.0859. The summed E-state index contributed by atoms with van der Waals surface area (Å²) in [6.07, 6.45) is 0.617. The predicted molar refractivity (Wildman–Crippen MR) is 69.6 cm³/mol. The Morgan fingerprint density at radius 2 is 2.11 bits per heavy atom. The van der Waals surface area contributed by atoms with E-state index in [1.165, 1.54) is 18.2 Å². The number of nitro groups is 1. The van der Waals surface area contributed by atoms with Crippen LogP contribution < -0.4 is 4.74 Å². The highest BCUT2D eigenvalue weighted by Gasteiger charge is 2.15. The van der Waals surface area contributed by atoms with Gasteiger partial charge in [-0.1, -0.05) is 13.8 Å². The molecule has 1 rings (SSSR count). The molecule has 0 fully saturated rings. The van der Waals surface area contributed by atoms with Gasteiger partial charge in [-0.25, -0.2) is 0 Å². The molecule has 6 nitrogen and oxygen atoms in total. The zero-order valence-electron chi connectivity index (χ0n) is 11.0. The highest BCUT2D eigenvalue weighted by Crippen LogP contribution is 2.27. The molecule has 0 bridgehead atoms. The molecule has 0 spiro atoms. The van der Waals surface area contributed by atoms with E-state index in [9.17, 15) is 14.9 Å². The summed E-state index contributed by atoms with van der Waals surface area (Å²) in [4.78, 5) is 20.9. The maximum absolute atomic E-state index is 10.8. The SMILES string of the molecule is CC(C)COCCOc1cc(C=O)ccc1[N+](=O)[O-]. The lowest BCUT2D eigenvalue weighted by atomic mass is 10.2. The van der Waals surface area contributed by atoms with Crippen molar-refractivity contribution >= 4 is 12.0 Å². The summed E-state index contributed by atoms with van der Waals surface area (Å²) >= 11 is 0. The molecule has 0 unspecified atom stereocenters. The van der Waals surface area contributed by atoms with Gasteiger partial charge in [-0.3, -0.25) is 14.9 Å². The molecular weight excluding hydrogens is 250 g/mol. The van der Waals surface area contributed by atoms with E-state index in [1.54, 1.807) is 0 Å². The third kappa shape index (κ3) is 5.05. The summed E-state index contributed by atoms with van der Waals surface area (Å²) in [7, 11) is 0. The van der Waals surface area contributed by atoms with Crippen molar-refractivity contribution in [2.75, 3.05) is 19.8 Å². The number of hydrogen-bond acceptors (Lipinski definition) is 5. The van der Waals surface area contributed by atoms with Crippen LogP contribution >= 0.6 is 0 Å². The van der Waals surface area contributed by atoms with Gasteiger partial charge in [-0.05, 0) is 18.1 Å². The van der Waals surface area contributed by atoms with Gasteiger partial charge in [0.1, 0.15) is 12.9 Å². The molecule has 0 saturated carbocycles. The number of rotatable bonds is 8. The third-order valence-corrected chi connectivity index (χ3v) is 2.25. The number of benzene rings is 1. The summed E-state index contributed by atoms with van der Waals surface area (Å²) in [5, 5.41) is 10.8. The minimum Gasteiger partial charge on any atom is -0.484 e. The molecule has 0 aromatic heterocycles. The van der Waals surface area contributed by atoms with Crippen molar-refractivity contribution in [2.24, 2.45) is 5.92 Å². The Labute approximate surface area is 111 Å². The molecule has 0 saturated heterocycles. The average Bonchev–Trinajstić information content (AvgIpc) is 2.37. The number of ether oxygens (including phenoxy) is 2. The Bertz CT molecular complexity index is 445. The molecule has 19 heavy (non-hydrogen) atoms. The van der Waals surface area contributed by atoms with Crippen molar-refractivity contribution in [3.8, 4) is 5.75 Å². The van der Waals surface area contributed by atoms with Gasteiger partial charge in [0.05, 0.1) is 11.5 Å². The highest BCUT2D eigenvalue weighted by molar-refractivity contribution is 5.76. The highest BCUT2D eigenvalue weighted by atomic mass is 16.6. The Kier molecular flexibility index (Phi) is 5.95. The summed E-state index contributed by atoms with van der Waals surface area (Å²) < 4.78 is 10.6. The largest absolute Gasteiger partial charge is 0.484 e. The lowest BCUT2D eigenvalue weighted by molar-refractivity contribution is -0.385. The van der Waals surface area contributed by atoms with Crippen LogP contribution in [-0.4, -0.2) is 31.0 Å². The molecule has 0 aliphatic carbocycles. The van der Waals surface area contributed by atoms with Crippen LogP contribution in [-0.2, 0) is 4.74 Å². The van der Waals surface area contributed by atoms with Crippen LogP contribution in [0.15, 0.2) is 18.2 Å². The molecule has 0 atom stereocenters. The first-order chi connectivity index (χ1) is 9.04. The maximum Gasteiger partial charge on any atom is 0.310 e. The fourth-order valence-corrected chi connectivity index (χ4v) is 1.40. The zero-order chi connectivity index (χ0) is 14.3. The van der Waals surface area contributed by atoms with E-state index in [1.807, 2.05) is 13.8 Å². The fraction of sp³-hybridized carbons (Fsp3) is 0.462. The normalized spacial score (nSPS) is 10.5. The van der Waals surface area contributed by atoms with Gasteiger partial charge in [0.2, 0.25) is 0 Å². The quantitative estimate of drug-likeness (QED) is 0.313. The van der Waals surface area contributed by atoms with E-state index in [-0.39, 0.29) is 18.0 Å². The topological polar surface area (TPSA) is 78.7 Å². The molecule has 0 radical (unpaired) electrons. The Balaban J connectivity index is 2.60. The average molecular weight is 267 g/mol. The van der Waals surface area contributed by atoms with Crippen LogP contribution in [0.5, 0.6) is 5.75 Å². The molecule has 0 amide bonds. The summed E-state index contributed by atoms with van der Waals surface area (Å²) in [5.74, 6) is 0.510. The summed E-state index contributed by atoms with van der Waals surface area (Å²) in [6, 6.07) is 3.99. The molecular formula is C13H17NO5. The summed E-state index contributed by atoms with van der Waals surface area (Å²) in [5.41, 5.74) is 0.179. The molecule has 6 heteroatoms. The van der Waals surface area contributed by atoms with Crippen molar-refractivity contribution in [1.29, 1.82) is 0 Å². The van der Waals surface area contributed by atoms with Crippen LogP contribution in [0, 0.1) is 16.0 Å². The van der Waals surface area contributed by atoms with Crippen molar-refractivity contribution in [1.82, 2.24) is 0 Å². The molecule has 0 aliphatic rings. The number of carbonyl (C=O) groups excluding carboxylic acids is 1. The first-order valence-corrected chi connectivity index (χ1v) is 5.98. The van der Waals surface area contributed by atoms with E-state index in [0.717, 1.165) is 0 Å². The second kappa shape index (κ2) is 7.48. The van der Waals surface area contributed by atoms with Gasteiger partial charge in [0, 0.05) is 18.2 Å². The van der Waals surface area contributed by atoms with E-state index in [4.69, 9.17) is 9.47 Å². The van der Waals surface area contributed by atoms with Crippen LogP contribution in [0.25, 0.3) is 0 Å². The number of hydrogen-bond donors (Lipinski definition) is 0. The molecule has 0 N–H and O–H groups in total. The molecule has 0 heterocycles. The number of carbonyl (C=O) groups is 1. The van der Waals surface area contributed by atoms with Crippen LogP contribution in [0.1, 0.15) is 24.2 Å². The van der Waals surface area contributed by atoms with Crippen molar-refractivity contribution in [2.45, 2.75) is 13.8 Å². The summed E-state index contributed by atoms with van der Waals surface area (Å²) in [6.45, 7) is 5.22. The van der Waals surface area contributed by atoms with Gasteiger partial charge in [0.25, 0.3) is 0 Å². The van der Waals surface area contributed by atoms with Crippen molar-refractivity contribution in [3.63, 3.8) is 0 Å². The van der Waals surface area contributed by atoms with Crippen molar-refractivity contribution < 1.29 is 19.2 Å². The van der Waals surface area contributed by atoms with Crippen LogP contribution in [0.4, 0.5) is 5.69 Å². The maximum atomic E-state index is 10.8. The standard InChI is InChI=1S/C13H17NO5/c1-10(2)9-18-5-6-19-13-7-11(8-15)3-4-12(13)14(16)17/h3-4,7-8,10H,5-6,9H2,1-2H3. The Morgan fingerprint density at radius 3 is 2.68 bits per heavy atom. The van der Waals surface area contributed by atoms with E-state index in [0.29, 0.717) is 31.0 Å². The second-order valence-corrected chi connectivity index (χ2v) is 4.42. The Morgan fingerprint density at radius 1 is 1.37 bits per heavy atom. The monoisotopic (exact) mass is 267 g/mol. The second-order valence-electron chi connectivity index (χ2n) is 4.42. The van der Waals surface area contributed by atoms with Gasteiger partial charge in [-0.2, -0.15) is 0 Å². The molecule has 0 aliphatic heterocycles. The number of aldehydes is 1. The van der Waals surface area contributed by atoms with Crippen LogP contribution in [0.3, 0.4) is 0 Å². The van der Waals surface area contributed by atoms with Crippen molar-refractivity contribution in [3.05, 3.63) is 33.9 Å². The molecule has 1 aromatic rings. The van der Waals surface area contributed by atoms with Gasteiger partial charge in [-0.15, -0.1) is 0 Å². The lowest BCUT2D eigenvalue weighted by Gasteiger charge is -2.09.